The molecule has 35 heavy (non-hydrogen) atoms. The number of ether oxygens (including phenoxy) is 1. The van der Waals surface area contributed by atoms with Crippen molar-refractivity contribution in [3.8, 4) is 0 Å². The molecule has 1 aromatic carbocycles. The third-order valence-electron chi connectivity index (χ3n) is 4.62. The van der Waals surface area contributed by atoms with Gasteiger partial charge in [0.05, 0.1) is 20.3 Å². The van der Waals surface area contributed by atoms with Crippen LogP contribution in [0.1, 0.15) is 65.6 Å². The normalized spacial score (nSPS) is 12.4. The van der Waals surface area contributed by atoms with Gasteiger partial charge in [-0.1, -0.05) is 6.07 Å². The highest BCUT2D eigenvalue weighted by atomic mass is 16.5. The van der Waals surface area contributed by atoms with Gasteiger partial charge in [-0.05, 0) is 18.2 Å². The Kier molecular flexibility index (Phi) is 7.91. The topological polar surface area (TPSA) is 214 Å². The second kappa shape index (κ2) is 11.0. The number of esters is 1. The lowest BCUT2D eigenvalue weighted by atomic mass is 10.1. The van der Waals surface area contributed by atoms with Crippen molar-refractivity contribution in [3.05, 3.63) is 71.1 Å². The summed E-state index contributed by atoms with van der Waals surface area (Å²) in [6, 6.07) is 3.26. The van der Waals surface area contributed by atoms with Crippen molar-refractivity contribution in [2.24, 2.45) is 0 Å². The lowest BCUT2D eigenvalue weighted by Crippen LogP contribution is -2.32. The Morgan fingerprint density at radius 1 is 0.914 bits per heavy atom. The van der Waals surface area contributed by atoms with Gasteiger partial charge >= 0.3 is 11.9 Å². The van der Waals surface area contributed by atoms with E-state index in [-0.39, 0.29) is 28.6 Å². The fourth-order valence-corrected chi connectivity index (χ4v) is 2.85. The molecule has 0 spiro atoms. The number of carbonyl (C=O) groups excluding carboxylic acids is 3. The van der Waals surface area contributed by atoms with Crippen LogP contribution in [0.4, 0.5) is 0 Å². The van der Waals surface area contributed by atoms with Crippen molar-refractivity contribution in [2.75, 3.05) is 20.3 Å². The Hall–Kier alpha value is -4.56. The Bertz CT molecular complexity index is 1230. The smallest absolute Gasteiger partial charge is 0.360 e. The molecule has 0 aliphatic rings. The first-order valence-corrected chi connectivity index (χ1v) is 9.93. The van der Waals surface area contributed by atoms with Crippen molar-refractivity contribution in [2.45, 2.75) is 12.1 Å². The molecule has 0 saturated heterocycles. The average Bonchev–Trinajstić information content (AvgIpc) is 3.56. The van der Waals surface area contributed by atoms with Gasteiger partial charge in [0.15, 0.2) is 11.4 Å². The van der Waals surface area contributed by atoms with E-state index in [0.29, 0.717) is 0 Å². The van der Waals surface area contributed by atoms with Gasteiger partial charge in [0.1, 0.15) is 24.6 Å². The summed E-state index contributed by atoms with van der Waals surface area (Å²) in [5, 5.41) is 33.0. The fraction of sp³-hybridized carbons (Fsp3) is 0.238. The Balaban J connectivity index is 1.71. The van der Waals surface area contributed by atoms with Gasteiger partial charge in [0.2, 0.25) is 11.8 Å². The summed E-state index contributed by atoms with van der Waals surface area (Å²) >= 11 is 0. The van der Waals surface area contributed by atoms with Crippen LogP contribution in [0, 0.1) is 0 Å². The number of aliphatic hydroxyl groups is 2. The van der Waals surface area contributed by atoms with Crippen LogP contribution in [0.2, 0.25) is 0 Å². The lowest BCUT2D eigenvalue weighted by molar-refractivity contribution is 0.0592. The predicted octanol–water partition coefficient (Wildman–Crippen LogP) is 0.0742. The van der Waals surface area contributed by atoms with Crippen LogP contribution in [0.15, 0.2) is 45.6 Å². The van der Waals surface area contributed by atoms with Crippen LogP contribution in [0.5, 0.6) is 0 Å². The van der Waals surface area contributed by atoms with Crippen molar-refractivity contribution in [1.29, 1.82) is 0 Å². The largest absolute Gasteiger partial charge is 0.476 e. The van der Waals surface area contributed by atoms with Crippen molar-refractivity contribution in [1.82, 2.24) is 20.6 Å². The molecule has 14 heteroatoms. The predicted molar refractivity (Wildman–Crippen MR) is 112 cm³/mol. The number of hydrogen-bond donors (Lipinski definition) is 5. The first-order chi connectivity index (χ1) is 16.8. The quantitative estimate of drug-likeness (QED) is 0.240. The molecule has 0 radical (unpaired) electrons. The van der Waals surface area contributed by atoms with Crippen LogP contribution in [-0.2, 0) is 4.74 Å². The summed E-state index contributed by atoms with van der Waals surface area (Å²) in [5.74, 6) is -3.83. The number of hydrogen-bond acceptors (Lipinski definition) is 11. The fourth-order valence-electron chi connectivity index (χ4n) is 2.85. The first-order valence-electron chi connectivity index (χ1n) is 9.93. The molecule has 5 N–H and O–H groups in total. The number of benzene rings is 1. The van der Waals surface area contributed by atoms with Gasteiger partial charge in [-0.3, -0.25) is 9.59 Å². The van der Waals surface area contributed by atoms with E-state index in [2.05, 4.69) is 25.3 Å². The summed E-state index contributed by atoms with van der Waals surface area (Å²) in [5.41, 5.74) is -0.463. The summed E-state index contributed by atoms with van der Waals surface area (Å²) in [4.78, 5) is 55.4. The molecule has 3 rings (SSSR count). The van der Waals surface area contributed by atoms with Gasteiger partial charge in [-0.2, -0.15) is 0 Å². The number of rotatable bonds is 10. The summed E-state index contributed by atoms with van der Waals surface area (Å²) in [7, 11) is 1.16. The molecular formula is C21H20N4O10. The highest BCUT2D eigenvalue weighted by Gasteiger charge is 2.24. The molecule has 2 aromatic heterocycles. The Labute approximate surface area is 196 Å². The highest BCUT2D eigenvalue weighted by molar-refractivity contribution is 6.00. The first kappa shape index (κ1) is 25.1. The van der Waals surface area contributed by atoms with E-state index >= 15 is 0 Å². The minimum atomic E-state index is -1.34. The number of nitrogens with one attached hydrogen (secondary N) is 2. The van der Waals surface area contributed by atoms with Crippen LogP contribution >= 0.6 is 0 Å². The number of oxazole rings is 2. The van der Waals surface area contributed by atoms with E-state index in [0.717, 1.165) is 19.6 Å². The van der Waals surface area contributed by atoms with Crippen molar-refractivity contribution < 1.29 is 48.1 Å². The molecule has 0 aliphatic heterocycles. The zero-order valence-electron chi connectivity index (χ0n) is 18.1. The molecule has 0 fully saturated rings. The Morgan fingerprint density at radius 2 is 1.40 bits per heavy atom. The number of carboxylic acid groups (broad SMARTS) is 1. The third-order valence-corrected chi connectivity index (χ3v) is 4.62. The molecule has 0 aliphatic carbocycles. The van der Waals surface area contributed by atoms with E-state index in [1.165, 1.54) is 24.3 Å². The second-order valence-electron chi connectivity index (χ2n) is 6.94. The van der Waals surface area contributed by atoms with Gasteiger partial charge in [-0.15, -0.1) is 0 Å². The summed E-state index contributed by atoms with van der Waals surface area (Å²) in [6.45, 7) is -1.23. The second-order valence-corrected chi connectivity index (χ2v) is 6.94. The zero-order valence-corrected chi connectivity index (χ0v) is 18.1. The zero-order chi connectivity index (χ0) is 25.5. The maximum Gasteiger partial charge on any atom is 0.360 e. The molecule has 2 atom stereocenters. The van der Waals surface area contributed by atoms with Crippen molar-refractivity contribution in [3.63, 3.8) is 0 Å². The van der Waals surface area contributed by atoms with E-state index in [1.54, 1.807) is 0 Å². The molecular weight excluding hydrogens is 468 g/mol. The van der Waals surface area contributed by atoms with Crippen LogP contribution in [-0.4, -0.2) is 69.4 Å². The minimum absolute atomic E-state index is 0.0331. The maximum absolute atomic E-state index is 12.7. The Morgan fingerprint density at radius 3 is 1.83 bits per heavy atom. The number of nitrogens with zero attached hydrogens (tertiary/aromatic N) is 2. The number of methoxy groups -OCH3 is 1. The van der Waals surface area contributed by atoms with Crippen molar-refractivity contribution >= 4 is 23.8 Å². The van der Waals surface area contributed by atoms with E-state index in [9.17, 15) is 29.4 Å². The minimum Gasteiger partial charge on any atom is -0.476 e. The average molecular weight is 488 g/mol. The van der Waals surface area contributed by atoms with Crippen LogP contribution in [0.25, 0.3) is 0 Å². The lowest BCUT2D eigenvalue weighted by Gasteiger charge is -2.15. The molecule has 0 bridgehead atoms. The van der Waals surface area contributed by atoms with Gasteiger partial charge in [-0.25, -0.2) is 19.6 Å². The number of carboxylic acids is 1. The number of aliphatic hydroxyl groups excluding tert-OH is 2. The summed E-state index contributed by atoms with van der Waals surface area (Å²) < 4.78 is 14.7. The van der Waals surface area contributed by atoms with Gasteiger partial charge < -0.3 is 39.5 Å². The molecule has 2 amide bonds. The van der Waals surface area contributed by atoms with Gasteiger partial charge in [0.25, 0.3) is 11.8 Å². The number of carbonyl (C=O) groups is 4. The molecule has 184 valence electrons. The summed E-state index contributed by atoms with van der Waals surface area (Å²) in [6.07, 6.45) is 1.89. The van der Waals surface area contributed by atoms with Crippen LogP contribution < -0.4 is 10.6 Å². The molecule has 3 aromatic rings. The third kappa shape index (κ3) is 5.87. The number of amides is 2. The molecule has 0 saturated carbocycles. The van der Waals surface area contributed by atoms with E-state index < -0.39 is 54.7 Å². The van der Waals surface area contributed by atoms with Crippen LogP contribution in [0.3, 0.4) is 0 Å². The molecule has 2 unspecified atom stereocenters. The molecule has 2 heterocycles. The SMILES string of the molecule is COC(=O)c1coc(C(CO)NC(=O)c2cccc(C(=O)NC(CO)c3nc(C(=O)O)co3)c2)n1. The maximum atomic E-state index is 12.7. The van der Waals surface area contributed by atoms with Gasteiger partial charge in [0, 0.05) is 11.1 Å². The van der Waals surface area contributed by atoms with E-state index in [1.807, 2.05) is 0 Å². The number of aromatic nitrogens is 2. The number of aromatic carboxylic acids is 1. The standard InChI is InChI=1S/C21H20N4O10/c1-33-21(32)15-9-35-19(25-15)13(7-27)23-17(29)11-4-2-3-10(5-11)16(28)22-12(6-26)18-24-14(8-34-18)20(30)31/h2-5,8-9,12-13,26-27H,6-7H2,1H3,(H,22,28)(H,23,29)(H,30,31). The monoisotopic (exact) mass is 488 g/mol. The molecule has 14 nitrogen and oxygen atoms in total. The highest BCUT2D eigenvalue weighted by Crippen LogP contribution is 2.16. The van der Waals surface area contributed by atoms with E-state index in [4.69, 9.17) is 13.9 Å².